The quantitative estimate of drug-likeness (QED) is 0.0852. The number of unbranched alkanes of at least 4 members (excludes halogenated alkanes) is 5. The van der Waals surface area contributed by atoms with Crippen LogP contribution in [0.25, 0.3) is 0 Å². The molecule has 0 radical (unpaired) electrons. The minimum absolute atomic E-state index is 0.115. The Hall–Kier alpha value is -1.87. The predicted molar refractivity (Wildman–Crippen MR) is 203 cm³/mol. The highest BCUT2D eigenvalue weighted by atomic mass is 16.5. The maximum absolute atomic E-state index is 13.2. The zero-order valence-electron chi connectivity index (χ0n) is 31.9. The van der Waals surface area contributed by atoms with Crippen molar-refractivity contribution in [3.63, 3.8) is 0 Å². The first-order valence-corrected chi connectivity index (χ1v) is 20.4. The van der Waals surface area contributed by atoms with Crippen molar-refractivity contribution < 1.29 is 14.6 Å². The van der Waals surface area contributed by atoms with E-state index < -0.39 is 6.10 Å². The van der Waals surface area contributed by atoms with Crippen LogP contribution in [0.2, 0.25) is 0 Å². The van der Waals surface area contributed by atoms with Crippen LogP contribution in [-0.4, -0.2) is 17.2 Å². The first-order chi connectivity index (χ1) is 23.1. The number of hydrogen-bond donors (Lipinski definition) is 1. The summed E-state index contributed by atoms with van der Waals surface area (Å²) in [5, 5.41) is 10.8. The molecule has 4 rings (SSSR count). The van der Waals surface area contributed by atoms with E-state index >= 15 is 0 Å². The van der Waals surface area contributed by atoms with Gasteiger partial charge in [0.25, 0.3) is 0 Å². The summed E-state index contributed by atoms with van der Waals surface area (Å²) in [6.45, 7) is 14.4. The second-order valence-electron chi connectivity index (χ2n) is 17.0. The lowest BCUT2D eigenvalue weighted by Gasteiger charge is -2.58. The summed E-state index contributed by atoms with van der Waals surface area (Å²) in [5.74, 6) is 4.95. The lowest BCUT2D eigenvalue weighted by atomic mass is 9.47. The molecule has 0 spiro atoms. The molecule has 4 aliphatic carbocycles. The summed E-state index contributed by atoms with van der Waals surface area (Å²) >= 11 is 0. The lowest BCUT2D eigenvalue weighted by molar-refractivity contribution is -0.143. The van der Waals surface area contributed by atoms with E-state index in [1.807, 2.05) is 6.08 Å². The highest BCUT2D eigenvalue weighted by Crippen LogP contribution is 2.67. The van der Waals surface area contributed by atoms with E-state index in [9.17, 15) is 9.90 Å². The number of carbonyl (C=O) groups is 1. The Morgan fingerprint density at radius 3 is 2.35 bits per heavy atom. The second kappa shape index (κ2) is 18.9. The molecule has 2 fully saturated rings. The number of aliphatic hydroxyl groups is 1. The summed E-state index contributed by atoms with van der Waals surface area (Å²) in [6, 6.07) is 0. The standard InChI is InChI=1S/C45H72O3/c1-7-8-9-10-11-12-13-14-15-16-17-18-19-20-21-25-43(47)48-42-33-37(46)32-36-26-27-38-40-29-28-39(35(4)24-22-23-34(2)3)44(40,5)31-30-41(38)45(36,42)6/h8-9,11-12,14-15,26,33-35,37-41,46H,7,10,13,16-25,27-32H2,1-6H3/b9-8-,12-11-,15-14-/t35-,37+,38+,39-,40+,41+,44-,45+/m1/s1. The van der Waals surface area contributed by atoms with E-state index in [4.69, 9.17) is 4.74 Å². The molecule has 48 heavy (non-hydrogen) atoms. The van der Waals surface area contributed by atoms with E-state index in [1.54, 1.807) is 0 Å². The number of fused-ring (bicyclic) bond motifs is 5. The zero-order valence-corrected chi connectivity index (χ0v) is 31.9. The topological polar surface area (TPSA) is 46.5 Å². The van der Waals surface area contributed by atoms with Crippen LogP contribution in [0.3, 0.4) is 0 Å². The molecule has 8 atom stereocenters. The Morgan fingerprint density at radius 1 is 0.896 bits per heavy atom. The fourth-order valence-corrected chi connectivity index (χ4v) is 10.6. The van der Waals surface area contributed by atoms with Crippen molar-refractivity contribution in [1.29, 1.82) is 0 Å². The monoisotopic (exact) mass is 661 g/mol. The number of aliphatic hydroxyl groups excluding tert-OH is 1. The SMILES string of the molecule is CC/C=C\C/C=C\C/C=C\CCCCCCCC(=O)OC1=C[C@@H](O)CC2=CC[C@@H]3[C@H](CC[C@]4(C)[C@@H]([C@H](C)CCCC(C)C)CC[C@@H]34)[C@]21C. The van der Waals surface area contributed by atoms with Crippen LogP contribution in [0, 0.1) is 46.3 Å². The van der Waals surface area contributed by atoms with Crippen LogP contribution in [-0.2, 0) is 9.53 Å². The van der Waals surface area contributed by atoms with E-state index in [-0.39, 0.29) is 11.4 Å². The normalized spacial score (nSPS) is 32.4. The molecule has 0 aromatic heterocycles. The van der Waals surface area contributed by atoms with E-state index in [0.29, 0.717) is 30.1 Å². The predicted octanol–water partition coefficient (Wildman–Crippen LogP) is 12.6. The number of rotatable bonds is 19. The highest BCUT2D eigenvalue weighted by molar-refractivity contribution is 5.71. The number of allylic oxidation sites excluding steroid dienone is 8. The molecule has 2 saturated carbocycles. The van der Waals surface area contributed by atoms with Gasteiger partial charge in [-0.05, 0) is 131 Å². The van der Waals surface area contributed by atoms with Crippen LogP contribution < -0.4 is 0 Å². The van der Waals surface area contributed by atoms with Gasteiger partial charge >= 0.3 is 5.97 Å². The molecule has 3 heteroatoms. The minimum Gasteiger partial charge on any atom is -0.430 e. The van der Waals surface area contributed by atoms with Crippen molar-refractivity contribution in [2.75, 3.05) is 0 Å². The molecule has 3 nitrogen and oxygen atoms in total. The molecule has 1 N–H and O–H groups in total. The Bertz CT molecular complexity index is 1150. The molecule has 0 saturated heterocycles. The summed E-state index contributed by atoms with van der Waals surface area (Å²) in [5.41, 5.74) is 1.47. The van der Waals surface area contributed by atoms with Crippen LogP contribution in [0.4, 0.5) is 0 Å². The van der Waals surface area contributed by atoms with Crippen molar-refractivity contribution in [3.8, 4) is 0 Å². The van der Waals surface area contributed by atoms with Crippen molar-refractivity contribution in [1.82, 2.24) is 0 Å². The lowest BCUT2D eigenvalue weighted by Crippen LogP contribution is -2.51. The molecule has 0 amide bonds. The third-order valence-electron chi connectivity index (χ3n) is 13.2. The number of esters is 1. The van der Waals surface area contributed by atoms with Gasteiger partial charge in [0.15, 0.2) is 0 Å². The van der Waals surface area contributed by atoms with Crippen LogP contribution in [0.15, 0.2) is 59.9 Å². The summed E-state index contributed by atoms with van der Waals surface area (Å²) in [7, 11) is 0. The fraction of sp³-hybridized carbons (Fsp3) is 0.756. The number of carbonyl (C=O) groups excluding carboxylic acids is 1. The molecule has 0 unspecified atom stereocenters. The van der Waals surface area contributed by atoms with E-state index in [1.165, 1.54) is 63.4 Å². The summed E-state index contributed by atoms with van der Waals surface area (Å²) < 4.78 is 6.26. The summed E-state index contributed by atoms with van der Waals surface area (Å²) in [4.78, 5) is 13.2. The van der Waals surface area contributed by atoms with E-state index in [2.05, 4.69) is 84.1 Å². The number of hydrogen-bond acceptors (Lipinski definition) is 3. The Labute approximate surface area is 295 Å². The molecular formula is C45H72O3. The van der Waals surface area contributed by atoms with Gasteiger partial charge in [0.05, 0.1) is 6.10 Å². The van der Waals surface area contributed by atoms with E-state index in [0.717, 1.165) is 80.8 Å². The van der Waals surface area contributed by atoms with Crippen molar-refractivity contribution in [2.45, 2.75) is 170 Å². The maximum atomic E-state index is 13.2. The first-order valence-electron chi connectivity index (χ1n) is 20.4. The minimum atomic E-state index is -0.562. The first kappa shape index (κ1) is 38.9. The fourth-order valence-electron chi connectivity index (χ4n) is 10.6. The van der Waals surface area contributed by atoms with Crippen LogP contribution >= 0.6 is 0 Å². The third-order valence-corrected chi connectivity index (χ3v) is 13.2. The molecule has 270 valence electrons. The van der Waals surface area contributed by atoms with Gasteiger partial charge in [0.1, 0.15) is 5.76 Å². The number of ether oxygens (including phenoxy) is 1. The summed E-state index contributed by atoms with van der Waals surface area (Å²) in [6.07, 6.45) is 38.7. The van der Waals surface area contributed by atoms with Gasteiger partial charge in [-0.1, -0.05) is 121 Å². The smallest absolute Gasteiger partial charge is 0.310 e. The molecule has 0 bridgehead atoms. The third kappa shape index (κ3) is 9.88. The van der Waals surface area contributed by atoms with Crippen LogP contribution in [0.5, 0.6) is 0 Å². The highest BCUT2D eigenvalue weighted by Gasteiger charge is 2.60. The Balaban J connectivity index is 1.24. The second-order valence-corrected chi connectivity index (χ2v) is 17.0. The van der Waals surface area contributed by atoms with Gasteiger partial charge in [-0.2, -0.15) is 0 Å². The van der Waals surface area contributed by atoms with Crippen molar-refractivity contribution in [3.05, 3.63) is 59.9 Å². The van der Waals surface area contributed by atoms with Gasteiger partial charge < -0.3 is 9.84 Å². The molecule has 0 heterocycles. The van der Waals surface area contributed by atoms with Crippen molar-refractivity contribution >= 4 is 5.97 Å². The van der Waals surface area contributed by atoms with Gasteiger partial charge in [0, 0.05) is 11.8 Å². The largest absolute Gasteiger partial charge is 0.430 e. The zero-order chi connectivity index (χ0) is 34.6. The molecule has 0 aliphatic heterocycles. The van der Waals surface area contributed by atoms with Crippen molar-refractivity contribution in [2.24, 2.45) is 46.3 Å². The average molecular weight is 661 g/mol. The van der Waals surface area contributed by atoms with Gasteiger partial charge in [-0.15, -0.1) is 0 Å². The van der Waals surface area contributed by atoms with Gasteiger partial charge in [-0.3, -0.25) is 4.79 Å². The maximum Gasteiger partial charge on any atom is 0.310 e. The molecule has 0 aromatic rings. The van der Waals surface area contributed by atoms with Crippen LogP contribution in [0.1, 0.15) is 164 Å². The molecule has 0 aromatic carbocycles. The Morgan fingerprint density at radius 2 is 1.60 bits per heavy atom. The average Bonchev–Trinajstić information content (AvgIpc) is 3.40. The van der Waals surface area contributed by atoms with Gasteiger partial charge in [-0.25, -0.2) is 0 Å². The van der Waals surface area contributed by atoms with Gasteiger partial charge in [0.2, 0.25) is 0 Å². The Kier molecular flexibility index (Phi) is 15.4. The molecular weight excluding hydrogens is 588 g/mol. The molecule has 4 aliphatic rings.